The average molecular weight is 338 g/mol. The number of rotatable bonds is 3. The summed E-state index contributed by atoms with van der Waals surface area (Å²) in [5.74, 6) is 1.17. The van der Waals surface area contributed by atoms with Gasteiger partial charge in [-0.25, -0.2) is 4.98 Å². The van der Waals surface area contributed by atoms with Crippen LogP contribution in [-0.2, 0) is 0 Å². The third kappa shape index (κ3) is 2.68. The van der Waals surface area contributed by atoms with Crippen LogP contribution in [0.1, 0.15) is 5.69 Å². The van der Waals surface area contributed by atoms with E-state index in [0.717, 1.165) is 22.3 Å². The molecule has 0 atom stereocenters. The molecule has 0 aliphatic carbocycles. The fourth-order valence-electron chi connectivity index (χ4n) is 2.38. The van der Waals surface area contributed by atoms with Gasteiger partial charge in [-0.05, 0) is 43.3 Å². The van der Waals surface area contributed by atoms with Crippen LogP contribution in [0.2, 0.25) is 5.02 Å². The Balaban J connectivity index is 1.87. The van der Waals surface area contributed by atoms with E-state index in [9.17, 15) is 0 Å². The largest absolute Gasteiger partial charge is 0.339 e. The van der Waals surface area contributed by atoms with Gasteiger partial charge in [0, 0.05) is 28.7 Å². The van der Waals surface area contributed by atoms with Gasteiger partial charge in [-0.3, -0.25) is 4.98 Å². The molecule has 0 amide bonds. The molecule has 118 valence electrons. The van der Waals surface area contributed by atoms with Gasteiger partial charge in [-0.1, -0.05) is 16.8 Å². The third-order valence-corrected chi connectivity index (χ3v) is 3.80. The van der Waals surface area contributed by atoms with Gasteiger partial charge in [0.2, 0.25) is 0 Å². The van der Waals surface area contributed by atoms with Crippen LogP contribution in [-0.4, -0.2) is 20.1 Å². The monoisotopic (exact) mass is 337 g/mol. The number of aryl methyl sites for hydroxylation is 1. The lowest BCUT2D eigenvalue weighted by Crippen LogP contribution is -1.99. The number of nitrogens with one attached hydrogen (secondary N) is 1. The second kappa shape index (κ2) is 5.90. The highest BCUT2D eigenvalue weighted by Crippen LogP contribution is 2.29. The second-order valence-corrected chi connectivity index (χ2v) is 5.65. The van der Waals surface area contributed by atoms with E-state index in [4.69, 9.17) is 16.1 Å². The standard InChI is InChI=1S/C17H12ClN5O/c1-10-14-16(20-13-6-8-19-9-7-13)21-15(22-17(14)24-23-10)11-2-4-12(18)5-3-11/h2-9H,1H3,(H,19,20,21,22). The summed E-state index contributed by atoms with van der Waals surface area (Å²) in [4.78, 5) is 13.1. The maximum Gasteiger partial charge on any atom is 0.263 e. The molecule has 1 N–H and O–H groups in total. The van der Waals surface area contributed by atoms with Crippen molar-refractivity contribution >= 4 is 34.2 Å². The van der Waals surface area contributed by atoms with Crippen LogP contribution in [0.5, 0.6) is 0 Å². The first-order valence-corrected chi connectivity index (χ1v) is 7.65. The van der Waals surface area contributed by atoms with Crippen molar-refractivity contribution in [3.8, 4) is 11.4 Å². The van der Waals surface area contributed by atoms with E-state index >= 15 is 0 Å². The Hall–Kier alpha value is -2.99. The average Bonchev–Trinajstić information content (AvgIpc) is 2.98. The quantitative estimate of drug-likeness (QED) is 0.597. The molecule has 24 heavy (non-hydrogen) atoms. The molecule has 6 nitrogen and oxygen atoms in total. The van der Waals surface area contributed by atoms with Gasteiger partial charge in [0.15, 0.2) is 5.82 Å². The Morgan fingerprint density at radius 3 is 2.50 bits per heavy atom. The smallest absolute Gasteiger partial charge is 0.263 e. The lowest BCUT2D eigenvalue weighted by atomic mass is 10.2. The van der Waals surface area contributed by atoms with Crippen molar-refractivity contribution in [1.82, 2.24) is 20.1 Å². The fraction of sp³-hybridized carbons (Fsp3) is 0.0588. The molecule has 4 rings (SSSR count). The maximum absolute atomic E-state index is 5.95. The molecule has 0 saturated heterocycles. The van der Waals surface area contributed by atoms with Crippen molar-refractivity contribution in [2.45, 2.75) is 6.92 Å². The van der Waals surface area contributed by atoms with E-state index in [1.165, 1.54) is 0 Å². The zero-order valence-electron chi connectivity index (χ0n) is 12.7. The molecule has 4 aromatic rings. The summed E-state index contributed by atoms with van der Waals surface area (Å²) in [6.45, 7) is 1.86. The van der Waals surface area contributed by atoms with Crippen molar-refractivity contribution in [3.05, 3.63) is 59.5 Å². The number of benzene rings is 1. The summed E-state index contributed by atoms with van der Waals surface area (Å²) in [7, 11) is 0. The minimum Gasteiger partial charge on any atom is -0.339 e. The van der Waals surface area contributed by atoms with E-state index in [-0.39, 0.29) is 0 Å². The summed E-state index contributed by atoms with van der Waals surface area (Å²) in [6.07, 6.45) is 3.42. The van der Waals surface area contributed by atoms with Gasteiger partial charge >= 0.3 is 0 Å². The van der Waals surface area contributed by atoms with E-state index < -0.39 is 0 Å². The van der Waals surface area contributed by atoms with Gasteiger partial charge in [0.1, 0.15) is 11.2 Å². The van der Waals surface area contributed by atoms with Crippen molar-refractivity contribution < 1.29 is 4.52 Å². The lowest BCUT2D eigenvalue weighted by Gasteiger charge is -2.08. The molecule has 0 bridgehead atoms. The summed E-state index contributed by atoms with van der Waals surface area (Å²) in [6, 6.07) is 11.0. The molecule has 3 aromatic heterocycles. The van der Waals surface area contributed by atoms with E-state index in [1.807, 2.05) is 31.2 Å². The highest BCUT2D eigenvalue weighted by molar-refractivity contribution is 6.30. The van der Waals surface area contributed by atoms with Crippen LogP contribution in [0.3, 0.4) is 0 Å². The predicted molar refractivity (Wildman–Crippen MR) is 92.3 cm³/mol. The number of aromatic nitrogens is 4. The third-order valence-electron chi connectivity index (χ3n) is 3.55. The molecule has 0 aliphatic rings. The first-order valence-electron chi connectivity index (χ1n) is 7.28. The van der Waals surface area contributed by atoms with Gasteiger partial charge in [-0.2, -0.15) is 4.98 Å². The van der Waals surface area contributed by atoms with Gasteiger partial charge in [0.25, 0.3) is 5.71 Å². The van der Waals surface area contributed by atoms with Gasteiger partial charge in [-0.15, -0.1) is 0 Å². The lowest BCUT2D eigenvalue weighted by molar-refractivity contribution is 0.443. The highest BCUT2D eigenvalue weighted by atomic mass is 35.5. The first kappa shape index (κ1) is 14.6. The molecule has 0 saturated carbocycles. The highest BCUT2D eigenvalue weighted by Gasteiger charge is 2.16. The Kier molecular flexibility index (Phi) is 3.59. The number of hydrogen-bond acceptors (Lipinski definition) is 6. The van der Waals surface area contributed by atoms with E-state index in [0.29, 0.717) is 22.4 Å². The van der Waals surface area contributed by atoms with Gasteiger partial charge < -0.3 is 9.84 Å². The molecular formula is C17H12ClN5O. The number of halogens is 1. The maximum atomic E-state index is 5.95. The number of fused-ring (bicyclic) bond motifs is 1. The molecule has 3 heterocycles. The zero-order valence-corrected chi connectivity index (χ0v) is 13.4. The molecule has 0 aliphatic heterocycles. The number of hydrogen-bond donors (Lipinski definition) is 1. The predicted octanol–water partition coefficient (Wildman–Crippen LogP) is 4.39. The Bertz CT molecular complexity index is 999. The number of nitrogens with zero attached hydrogens (tertiary/aromatic N) is 4. The molecule has 7 heteroatoms. The molecular weight excluding hydrogens is 326 g/mol. The van der Waals surface area contributed by atoms with Crippen LogP contribution in [0, 0.1) is 6.92 Å². The number of pyridine rings is 1. The summed E-state index contributed by atoms with van der Waals surface area (Å²) in [5, 5.41) is 8.69. The minimum atomic E-state index is 0.434. The van der Waals surface area contributed by atoms with Crippen LogP contribution in [0.4, 0.5) is 11.5 Å². The van der Waals surface area contributed by atoms with Crippen molar-refractivity contribution in [1.29, 1.82) is 0 Å². The van der Waals surface area contributed by atoms with Crippen LogP contribution in [0.15, 0.2) is 53.3 Å². The summed E-state index contributed by atoms with van der Waals surface area (Å²) >= 11 is 5.95. The van der Waals surface area contributed by atoms with Crippen molar-refractivity contribution in [2.24, 2.45) is 0 Å². The second-order valence-electron chi connectivity index (χ2n) is 5.21. The van der Waals surface area contributed by atoms with Crippen LogP contribution >= 0.6 is 11.6 Å². The molecule has 0 radical (unpaired) electrons. The van der Waals surface area contributed by atoms with E-state index in [1.54, 1.807) is 24.5 Å². The van der Waals surface area contributed by atoms with Gasteiger partial charge in [0.05, 0.1) is 5.69 Å². The number of anilines is 2. The van der Waals surface area contributed by atoms with Crippen LogP contribution in [0.25, 0.3) is 22.5 Å². The molecule has 1 aromatic carbocycles. The van der Waals surface area contributed by atoms with E-state index in [2.05, 4.69) is 25.4 Å². The fourth-order valence-corrected chi connectivity index (χ4v) is 2.51. The minimum absolute atomic E-state index is 0.434. The van der Waals surface area contributed by atoms with Crippen molar-refractivity contribution in [2.75, 3.05) is 5.32 Å². The topological polar surface area (TPSA) is 76.7 Å². The molecule has 0 unspecified atom stereocenters. The Morgan fingerprint density at radius 2 is 1.75 bits per heavy atom. The normalized spacial score (nSPS) is 10.9. The molecule has 0 fully saturated rings. The summed E-state index contributed by atoms with van der Waals surface area (Å²) in [5.41, 5.74) is 2.87. The summed E-state index contributed by atoms with van der Waals surface area (Å²) < 4.78 is 5.33. The van der Waals surface area contributed by atoms with Crippen molar-refractivity contribution in [3.63, 3.8) is 0 Å². The Morgan fingerprint density at radius 1 is 1.00 bits per heavy atom. The zero-order chi connectivity index (χ0) is 16.5. The molecule has 0 spiro atoms. The first-order chi connectivity index (χ1) is 11.7. The van der Waals surface area contributed by atoms with Crippen LogP contribution < -0.4 is 5.32 Å². The SMILES string of the molecule is Cc1noc2nc(-c3ccc(Cl)cc3)nc(Nc3ccncc3)c12. The Labute approximate surface area is 142 Å².